The van der Waals surface area contributed by atoms with Crippen molar-refractivity contribution in [2.45, 2.75) is 58.8 Å². The lowest BCUT2D eigenvalue weighted by atomic mass is 9.96. The molecule has 4 aliphatic heterocycles. The number of amides is 1. The molecular weight excluding hydrogens is 1920 g/mol. The molecule has 29 nitrogen and oxygen atoms in total. The van der Waals surface area contributed by atoms with Gasteiger partial charge >= 0.3 is 12.1 Å². The highest BCUT2D eigenvalue weighted by Gasteiger charge is 2.35. The quantitative estimate of drug-likeness (QED) is 0.00753. The van der Waals surface area contributed by atoms with Gasteiger partial charge in [0.1, 0.15) is 23.3 Å². The Morgan fingerprint density at radius 1 is 0.561 bits per heavy atom. The molecule has 7 N–H and O–H groups in total. The molecule has 0 atom stereocenters. The fourth-order valence-electron chi connectivity index (χ4n) is 17.8. The number of esters is 1. The van der Waals surface area contributed by atoms with E-state index in [2.05, 4.69) is 125 Å². The Morgan fingerprint density at radius 3 is 1.88 bits per heavy atom. The van der Waals surface area contributed by atoms with Crippen LogP contribution in [0.2, 0.25) is 10.0 Å². The number of nitrogens with zero attached hydrogens (tertiary/aromatic N) is 14. The van der Waals surface area contributed by atoms with Gasteiger partial charge in [0.15, 0.2) is 34.6 Å². The summed E-state index contributed by atoms with van der Waals surface area (Å²) in [4.78, 5) is 91.5. The van der Waals surface area contributed by atoms with Crippen LogP contribution < -0.4 is 45.7 Å². The van der Waals surface area contributed by atoms with Crippen LogP contribution in [0.4, 0.5) is 35.9 Å². The summed E-state index contributed by atoms with van der Waals surface area (Å²) >= 11 is 12.6. The largest absolute Gasteiger partial charge is 0.495 e. The van der Waals surface area contributed by atoms with Crippen LogP contribution in [0, 0.1) is 37.0 Å². The minimum Gasteiger partial charge on any atom is -0.495 e. The van der Waals surface area contributed by atoms with E-state index in [4.69, 9.17) is 47.1 Å². The summed E-state index contributed by atoms with van der Waals surface area (Å²) in [5.41, 5.74) is 16.8. The number of benzene rings is 9. The van der Waals surface area contributed by atoms with Gasteiger partial charge in [-0.05, 0) is 144 Å². The molecule has 9 aromatic carbocycles. The van der Waals surface area contributed by atoms with Crippen molar-refractivity contribution in [3.8, 4) is 52.2 Å². The smallest absolute Gasteiger partial charge is 0.416 e. The maximum absolute atomic E-state index is 13.9. The van der Waals surface area contributed by atoms with Crippen LogP contribution in [-0.4, -0.2) is 246 Å². The van der Waals surface area contributed by atoms with Crippen molar-refractivity contribution in [1.82, 2.24) is 80.4 Å². The molecule has 4 fully saturated rings. The minimum atomic E-state index is -4.50. The van der Waals surface area contributed by atoms with Gasteiger partial charge < -0.3 is 65.4 Å². The number of likely N-dealkylation sites (N-methyl/N-ethyl adjacent to an activating group) is 1. The van der Waals surface area contributed by atoms with Crippen molar-refractivity contribution in [1.29, 1.82) is 5.26 Å². The molecule has 4 aliphatic rings. The van der Waals surface area contributed by atoms with E-state index in [1.807, 2.05) is 134 Å². The number of fused-ring (bicyclic) bond motifs is 3. The molecule has 0 bridgehead atoms. The monoisotopic (exact) mass is 2030 g/mol. The molecular formula is C114H115Cl2F3N20O9. The number of Topliss-reactive ketones (excluding diaryl/α,β-unsaturated/α-hetero) is 2. The van der Waals surface area contributed by atoms with Gasteiger partial charge in [0.25, 0.3) is 0 Å². The fourth-order valence-corrected chi connectivity index (χ4v) is 18.3. The number of aromatic hydroxyl groups is 1. The number of ether oxygens (including phenoxy) is 4. The Labute approximate surface area is 866 Å². The van der Waals surface area contributed by atoms with Gasteiger partial charge in [0, 0.05) is 255 Å². The lowest BCUT2D eigenvalue weighted by Gasteiger charge is -2.28. The number of pyridine rings is 2. The second-order valence-electron chi connectivity index (χ2n) is 36.2. The minimum absolute atomic E-state index is 0.0353. The number of alkyl halides is 3. The lowest BCUT2D eigenvalue weighted by Crippen LogP contribution is -2.47. The number of piperazine rings is 4. The van der Waals surface area contributed by atoms with Gasteiger partial charge in [-0.1, -0.05) is 138 Å². The van der Waals surface area contributed by atoms with Gasteiger partial charge in [-0.25, -0.2) is 29.3 Å². The summed E-state index contributed by atoms with van der Waals surface area (Å²) in [5, 5.41) is 43.6. The lowest BCUT2D eigenvalue weighted by molar-refractivity contribution is -0.138. The molecule has 34 heteroatoms. The first-order valence-electron chi connectivity index (χ1n) is 49.0. The molecule has 760 valence electrons. The summed E-state index contributed by atoms with van der Waals surface area (Å²) in [6.45, 7) is 21.9. The summed E-state index contributed by atoms with van der Waals surface area (Å²) in [6, 6.07) is 62.5. The van der Waals surface area contributed by atoms with E-state index in [1.165, 1.54) is 37.6 Å². The molecule has 10 heterocycles. The zero-order chi connectivity index (χ0) is 104. The number of H-pyrrole nitrogens is 1. The van der Waals surface area contributed by atoms with Gasteiger partial charge in [0.2, 0.25) is 5.91 Å². The molecule has 0 radical (unpaired) electrons. The second kappa shape index (κ2) is 50.8. The van der Waals surface area contributed by atoms with Crippen molar-refractivity contribution >= 4 is 103 Å². The van der Waals surface area contributed by atoms with Crippen LogP contribution in [0.15, 0.2) is 249 Å². The average molecular weight is 2040 g/mol. The second-order valence-corrected chi connectivity index (χ2v) is 37.0. The van der Waals surface area contributed by atoms with Gasteiger partial charge in [-0.3, -0.25) is 39.1 Å². The summed E-state index contributed by atoms with van der Waals surface area (Å²) < 4.78 is 65.1. The van der Waals surface area contributed by atoms with Crippen LogP contribution in [0.25, 0.3) is 38.6 Å². The first-order chi connectivity index (χ1) is 71.9. The van der Waals surface area contributed by atoms with Gasteiger partial charge in [-0.2, -0.15) is 23.5 Å². The molecule has 15 aromatic rings. The third-order valence-electron chi connectivity index (χ3n) is 26.1. The van der Waals surface area contributed by atoms with Crippen LogP contribution in [0.5, 0.6) is 23.1 Å². The Morgan fingerprint density at radius 2 is 1.20 bits per heavy atom. The van der Waals surface area contributed by atoms with E-state index in [9.17, 15) is 42.7 Å². The molecule has 4 saturated heterocycles. The summed E-state index contributed by atoms with van der Waals surface area (Å²) in [5.74, 6) is 7.90. The molecule has 1 amide bonds. The molecule has 0 saturated carbocycles. The molecule has 148 heavy (non-hydrogen) atoms. The molecule has 6 aromatic heterocycles. The zero-order valence-electron chi connectivity index (χ0n) is 83.1. The van der Waals surface area contributed by atoms with Crippen LogP contribution in [-0.2, 0) is 48.1 Å². The number of nitrogens with one attached hydrogen (secondary N) is 6. The fraction of sp³-hybridized carbons (Fsp3) is 0.281. The number of imidazole rings is 1. The number of aromatic amines is 1. The number of halogens is 5. The number of hydrogen-bond acceptors (Lipinski definition) is 26. The van der Waals surface area contributed by atoms with Crippen molar-refractivity contribution < 1.29 is 56.4 Å². The average Bonchev–Trinajstić information content (AvgIpc) is 1.52. The van der Waals surface area contributed by atoms with Gasteiger partial charge in [-0.15, -0.1) is 0 Å². The number of rotatable bonds is 29. The Hall–Kier alpha value is -15.2. The number of aryl methyl sites for hydroxylation is 2. The molecule has 19 rings (SSSR count). The van der Waals surface area contributed by atoms with E-state index >= 15 is 0 Å². The highest BCUT2D eigenvalue weighted by Crippen LogP contribution is 2.42. The normalized spacial score (nSPS) is 14.2. The Bertz CT molecular complexity index is 7330. The first kappa shape index (κ1) is 106. The third kappa shape index (κ3) is 27.8. The van der Waals surface area contributed by atoms with Crippen molar-refractivity contribution in [3.63, 3.8) is 0 Å². The van der Waals surface area contributed by atoms with Crippen molar-refractivity contribution in [2.75, 3.05) is 163 Å². The highest BCUT2D eigenvalue weighted by molar-refractivity contribution is 6.37. The predicted octanol–water partition coefficient (Wildman–Crippen LogP) is 17.1. The first-order valence-corrected chi connectivity index (χ1v) is 49.7. The Balaban J connectivity index is 0.000000141. The predicted molar refractivity (Wildman–Crippen MR) is 571 cm³/mol. The van der Waals surface area contributed by atoms with E-state index in [-0.39, 0.29) is 41.9 Å². The number of aliphatic imine (C=N–C) groups is 1. The van der Waals surface area contributed by atoms with E-state index in [0.29, 0.717) is 150 Å². The maximum atomic E-state index is 13.9. The Kier molecular flexibility index (Phi) is 36.2. The van der Waals surface area contributed by atoms with Crippen molar-refractivity contribution in [2.24, 2.45) is 4.99 Å². The number of aromatic nitrogens is 8. The summed E-state index contributed by atoms with van der Waals surface area (Å²) in [6.07, 6.45) is 9.32. The maximum Gasteiger partial charge on any atom is 0.416 e. The number of nitriles is 1. The number of carbonyl (C=O) groups is 4. The van der Waals surface area contributed by atoms with E-state index < -0.39 is 17.7 Å². The molecule has 0 aliphatic carbocycles. The van der Waals surface area contributed by atoms with Crippen LogP contribution in [0.3, 0.4) is 0 Å². The number of ketones is 2. The number of carbonyl (C=O) groups excluding carboxylic acids is 4. The zero-order valence-corrected chi connectivity index (χ0v) is 84.6. The third-order valence-corrected chi connectivity index (χ3v) is 26.7. The molecule has 0 unspecified atom stereocenters. The van der Waals surface area contributed by atoms with Crippen LogP contribution in [0.1, 0.15) is 116 Å². The van der Waals surface area contributed by atoms with Crippen LogP contribution >= 0.6 is 23.2 Å². The molecule has 0 spiro atoms. The number of methoxy groups -OCH3 is 3. The van der Waals surface area contributed by atoms with Crippen molar-refractivity contribution in [3.05, 3.63) is 349 Å². The number of anilines is 3. The van der Waals surface area contributed by atoms with E-state index in [1.54, 1.807) is 103 Å². The van der Waals surface area contributed by atoms with E-state index in [0.717, 1.165) is 173 Å². The SMILES string of the molecule is COC(=O)c1ccc2c(C(=Nc3ccc(N(C)C(=O)CN4CCNCC4)cc3)c3ccccc3)c(O)[nH]c2c1.COc1cc(Nc2c(C#N)cnc3cc(OCCCN4CCNCC4)c(OC)cc23)c(Cl)cc1Cl.Cc1ccc(C(=O)Cc2ccc(CN3CCNCC3)c(C(F)(F)F)c2)cc1C#Cc1cnc2cccnn12.Cc1ccc(CC(=O)c2ccc(CN3CCNCC3)cc2)cc1Cc1ncc(-c2cccnc2)cn1. The topological polar surface area (TPSA) is 335 Å². The highest BCUT2D eigenvalue weighted by atomic mass is 35.5. The standard InChI is InChI=1S/C30H31N5O4.C30H31N5O.C29H26F3N5O.C25H27Cl2N5O3/c1-34(26(36)19-35-16-14-31-15-17-35)23-11-9-22(10-12-23)32-28(20-6-4-3-5-7-20)27-24-13-8-21(30(38)39-2)18-25(24)33-29(27)37;1-22-4-5-24(15-27(22)17-30-33-19-28(20-34-30)26-3-2-10-32-18-26)16-29(36)25-8-6-23(7-9-25)21-35-13-11-31-12-14-35;1-20-4-6-23(17-22(20)8-9-25-18-34-28-3-2-10-35-37(25)28)27(38)16-21-5-7-24(26(15-21)29(30,31)32)19-36-13-11-33-12-14-36;1-33-22-13-21(18(26)11-19(22)27)31-25-16(14-28)15-30-20-12-24(23(34-2)10-17(20)25)35-9-3-6-32-7-4-29-5-8-32/h3-13,18,31,33,37H,14-17,19H2,1-2H3;2-10,15,18-20,31H,11-14,16-17,21H2,1H3;2-7,10,15,17-18,33H,11-14,16,19H2,1H3;10-13,15,29H,3-9H2,1-2H3,(H,30,31). The van der Waals surface area contributed by atoms with Gasteiger partial charge in [0.05, 0.1) is 101 Å². The summed E-state index contributed by atoms with van der Waals surface area (Å²) in [7, 11) is 6.22. The number of hydrogen-bond donors (Lipinski definition) is 7.